The molecule has 0 aliphatic carbocycles. The van der Waals surface area contributed by atoms with E-state index in [1.807, 2.05) is 6.08 Å². The number of nitrogens with zero attached hydrogens (tertiary/aromatic N) is 1. The SMILES string of the molecule is C=CCN(CCCOC1CCNCC1)C(C)C. The Hall–Kier alpha value is -0.380. The molecule has 1 fully saturated rings. The molecular weight excluding hydrogens is 212 g/mol. The minimum atomic E-state index is 0.489. The first-order valence-electron chi connectivity index (χ1n) is 6.91. The van der Waals surface area contributed by atoms with E-state index < -0.39 is 0 Å². The van der Waals surface area contributed by atoms with E-state index in [1.165, 1.54) is 12.8 Å². The zero-order valence-electron chi connectivity index (χ0n) is 11.5. The second-order valence-corrected chi connectivity index (χ2v) is 5.05. The van der Waals surface area contributed by atoms with Crippen LogP contribution < -0.4 is 5.32 Å². The Bertz CT molecular complexity index is 200. The first-order chi connectivity index (χ1) is 8.24. The van der Waals surface area contributed by atoms with Gasteiger partial charge < -0.3 is 10.1 Å². The molecule has 3 heteroatoms. The van der Waals surface area contributed by atoms with Crippen molar-refractivity contribution in [3.8, 4) is 0 Å². The summed E-state index contributed by atoms with van der Waals surface area (Å²) in [7, 11) is 0. The summed E-state index contributed by atoms with van der Waals surface area (Å²) in [5, 5.41) is 3.36. The molecule has 0 spiro atoms. The average molecular weight is 240 g/mol. The van der Waals surface area contributed by atoms with Gasteiger partial charge in [-0.1, -0.05) is 6.08 Å². The lowest BCUT2D eigenvalue weighted by molar-refractivity contribution is 0.0271. The smallest absolute Gasteiger partial charge is 0.0599 e. The van der Waals surface area contributed by atoms with Gasteiger partial charge in [0.25, 0.3) is 0 Å². The van der Waals surface area contributed by atoms with Crippen LogP contribution in [0.2, 0.25) is 0 Å². The summed E-state index contributed by atoms with van der Waals surface area (Å²) in [6, 6.07) is 0.590. The van der Waals surface area contributed by atoms with E-state index in [1.54, 1.807) is 0 Å². The van der Waals surface area contributed by atoms with Crippen LogP contribution in [0.25, 0.3) is 0 Å². The number of hydrogen-bond acceptors (Lipinski definition) is 3. The summed E-state index contributed by atoms with van der Waals surface area (Å²) in [5.41, 5.74) is 0. The van der Waals surface area contributed by atoms with Crippen LogP contribution in [0.4, 0.5) is 0 Å². The van der Waals surface area contributed by atoms with Crippen molar-refractivity contribution < 1.29 is 4.74 Å². The Morgan fingerprint density at radius 2 is 2.12 bits per heavy atom. The molecule has 17 heavy (non-hydrogen) atoms. The maximum atomic E-state index is 5.90. The fourth-order valence-corrected chi connectivity index (χ4v) is 2.21. The van der Waals surface area contributed by atoms with Gasteiger partial charge in [-0.05, 0) is 46.2 Å². The fourth-order valence-electron chi connectivity index (χ4n) is 2.21. The van der Waals surface area contributed by atoms with Gasteiger partial charge >= 0.3 is 0 Å². The van der Waals surface area contributed by atoms with E-state index in [0.717, 1.165) is 39.2 Å². The topological polar surface area (TPSA) is 24.5 Å². The Morgan fingerprint density at radius 3 is 2.71 bits per heavy atom. The minimum absolute atomic E-state index is 0.489. The van der Waals surface area contributed by atoms with Gasteiger partial charge in [-0.25, -0.2) is 0 Å². The third-order valence-electron chi connectivity index (χ3n) is 3.32. The van der Waals surface area contributed by atoms with Gasteiger partial charge in [-0.2, -0.15) is 0 Å². The summed E-state index contributed by atoms with van der Waals surface area (Å²) >= 11 is 0. The lowest BCUT2D eigenvalue weighted by Gasteiger charge is -2.26. The van der Waals surface area contributed by atoms with Gasteiger partial charge in [0.2, 0.25) is 0 Å². The van der Waals surface area contributed by atoms with E-state index in [2.05, 4.69) is 30.6 Å². The van der Waals surface area contributed by atoms with Crippen LogP contribution in [0.15, 0.2) is 12.7 Å². The highest BCUT2D eigenvalue weighted by Gasteiger charge is 2.13. The summed E-state index contributed by atoms with van der Waals surface area (Å²) < 4.78 is 5.90. The van der Waals surface area contributed by atoms with Crippen molar-refractivity contribution in [2.24, 2.45) is 0 Å². The second-order valence-electron chi connectivity index (χ2n) is 5.05. The molecule has 1 saturated heterocycles. The molecule has 0 aromatic carbocycles. The normalized spacial score (nSPS) is 17.9. The zero-order valence-corrected chi connectivity index (χ0v) is 11.5. The van der Waals surface area contributed by atoms with Crippen LogP contribution in [-0.2, 0) is 4.74 Å². The first-order valence-corrected chi connectivity index (χ1v) is 6.91. The highest BCUT2D eigenvalue weighted by molar-refractivity contribution is 4.75. The van der Waals surface area contributed by atoms with Gasteiger partial charge in [-0.15, -0.1) is 6.58 Å². The summed E-state index contributed by atoms with van der Waals surface area (Å²) in [4.78, 5) is 2.43. The average Bonchev–Trinajstić information content (AvgIpc) is 2.34. The Labute approximate surface area is 106 Å². The number of ether oxygens (including phenoxy) is 1. The Balaban J connectivity index is 2.06. The van der Waals surface area contributed by atoms with Crippen molar-refractivity contribution in [2.45, 2.75) is 45.3 Å². The molecule has 100 valence electrons. The standard InChI is InChI=1S/C14H28N2O/c1-4-10-16(13(2)3)11-5-12-17-14-6-8-15-9-7-14/h4,13-15H,1,5-12H2,2-3H3. The molecule has 0 amide bonds. The van der Waals surface area contributed by atoms with E-state index >= 15 is 0 Å². The van der Waals surface area contributed by atoms with Gasteiger partial charge in [0.15, 0.2) is 0 Å². The molecule has 1 aliphatic rings. The maximum absolute atomic E-state index is 5.90. The van der Waals surface area contributed by atoms with Crippen LogP contribution in [0.5, 0.6) is 0 Å². The third kappa shape index (κ3) is 6.20. The molecule has 0 unspecified atom stereocenters. The Morgan fingerprint density at radius 1 is 1.41 bits per heavy atom. The molecule has 0 saturated carbocycles. The van der Waals surface area contributed by atoms with E-state index in [0.29, 0.717) is 12.1 Å². The quantitative estimate of drug-likeness (QED) is 0.519. The molecule has 0 atom stereocenters. The molecule has 1 aliphatic heterocycles. The van der Waals surface area contributed by atoms with Gasteiger partial charge in [0.05, 0.1) is 6.10 Å². The zero-order chi connectivity index (χ0) is 12.5. The summed E-state index contributed by atoms with van der Waals surface area (Å²) in [6.45, 7) is 13.5. The molecule has 0 aromatic heterocycles. The third-order valence-corrected chi connectivity index (χ3v) is 3.32. The number of hydrogen-bond donors (Lipinski definition) is 1. The van der Waals surface area contributed by atoms with Crippen molar-refractivity contribution in [2.75, 3.05) is 32.8 Å². The lowest BCUT2D eigenvalue weighted by Crippen LogP contribution is -2.34. The van der Waals surface area contributed by atoms with Crippen LogP contribution in [-0.4, -0.2) is 49.8 Å². The maximum Gasteiger partial charge on any atom is 0.0599 e. The molecular formula is C14H28N2O. The summed E-state index contributed by atoms with van der Waals surface area (Å²) in [5.74, 6) is 0. The fraction of sp³-hybridized carbons (Fsp3) is 0.857. The van der Waals surface area contributed by atoms with Crippen molar-refractivity contribution in [1.29, 1.82) is 0 Å². The van der Waals surface area contributed by atoms with Crippen LogP contribution in [0.3, 0.4) is 0 Å². The highest BCUT2D eigenvalue weighted by Crippen LogP contribution is 2.08. The van der Waals surface area contributed by atoms with Gasteiger partial charge in [0.1, 0.15) is 0 Å². The highest BCUT2D eigenvalue weighted by atomic mass is 16.5. The van der Waals surface area contributed by atoms with Gasteiger partial charge in [0, 0.05) is 25.7 Å². The predicted molar refractivity (Wildman–Crippen MR) is 73.4 cm³/mol. The number of piperidine rings is 1. The lowest BCUT2D eigenvalue weighted by atomic mass is 10.1. The van der Waals surface area contributed by atoms with E-state index in [9.17, 15) is 0 Å². The predicted octanol–water partition coefficient (Wildman–Crippen LogP) is 2.04. The summed E-state index contributed by atoms with van der Waals surface area (Å²) in [6.07, 6.45) is 5.92. The Kier molecular flexibility index (Phi) is 7.49. The molecule has 1 heterocycles. The number of rotatable bonds is 8. The van der Waals surface area contributed by atoms with E-state index in [4.69, 9.17) is 4.74 Å². The largest absolute Gasteiger partial charge is 0.378 e. The van der Waals surface area contributed by atoms with Crippen molar-refractivity contribution in [3.05, 3.63) is 12.7 Å². The molecule has 3 nitrogen and oxygen atoms in total. The van der Waals surface area contributed by atoms with Crippen molar-refractivity contribution in [1.82, 2.24) is 10.2 Å². The number of nitrogens with one attached hydrogen (secondary N) is 1. The van der Waals surface area contributed by atoms with Crippen molar-refractivity contribution in [3.63, 3.8) is 0 Å². The minimum Gasteiger partial charge on any atom is -0.378 e. The van der Waals surface area contributed by atoms with Crippen molar-refractivity contribution >= 4 is 0 Å². The molecule has 0 aromatic rings. The monoisotopic (exact) mass is 240 g/mol. The molecule has 0 bridgehead atoms. The van der Waals surface area contributed by atoms with Crippen LogP contribution >= 0.6 is 0 Å². The van der Waals surface area contributed by atoms with E-state index in [-0.39, 0.29) is 0 Å². The first kappa shape index (κ1) is 14.7. The van der Waals surface area contributed by atoms with Gasteiger partial charge in [-0.3, -0.25) is 4.90 Å². The van der Waals surface area contributed by atoms with Crippen LogP contribution in [0.1, 0.15) is 33.1 Å². The molecule has 1 rings (SSSR count). The molecule has 1 N–H and O–H groups in total. The molecule has 0 radical (unpaired) electrons. The second kappa shape index (κ2) is 8.67. The van der Waals surface area contributed by atoms with Crippen LogP contribution in [0, 0.1) is 0 Å².